The summed E-state index contributed by atoms with van der Waals surface area (Å²) in [5.74, 6) is 0.757. The summed E-state index contributed by atoms with van der Waals surface area (Å²) >= 11 is 0. The van der Waals surface area contributed by atoms with Crippen LogP contribution in [0.15, 0.2) is 0 Å². The second kappa shape index (κ2) is 6.79. The maximum Gasteiger partial charge on any atom is 0.0746 e. The molecule has 2 rings (SSSR count). The van der Waals surface area contributed by atoms with Gasteiger partial charge in [0.2, 0.25) is 0 Å². The van der Waals surface area contributed by atoms with Crippen LogP contribution in [0.1, 0.15) is 79.1 Å². The van der Waals surface area contributed by atoms with E-state index in [-0.39, 0.29) is 11.5 Å². The van der Waals surface area contributed by atoms with Crippen LogP contribution in [-0.2, 0) is 0 Å². The first-order valence-corrected chi connectivity index (χ1v) is 8.85. The topological polar surface area (TPSA) is 23.5 Å². The van der Waals surface area contributed by atoms with Crippen molar-refractivity contribution in [2.24, 2.45) is 11.3 Å². The van der Waals surface area contributed by atoms with E-state index in [2.05, 4.69) is 32.6 Å². The van der Waals surface area contributed by atoms with E-state index < -0.39 is 0 Å². The Morgan fingerprint density at radius 1 is 1.10 bits per heavy atom. The zero-order valence-corrected chi connectivity index (χ0v) is 14.1. The van der Waals surface area contributed by atoms with Crippen LogP contribution < -0.4 is 0 Å². The number of aliphatic hydroxyl groups is 1. The molecule has 2 saturated carbocycles. The molecule has 2 aliphatic carbocycles. The van der Waals surface area contributed by atoms with Crippen molar-refractivity contribution < 1.29 is 5.11 Å². The highest BCUT2D eigenvalue weighted by Gasteiger charge is 2.42. The lowest BCUT2D eigenvalue weighted by Crippen LogP contribution is -2.55. The second-order valence-electron chi connectivity index (χ2n) is 8.25. The summed E-state index contributed by atoms with van der Waals surface area (Å²) in [5, 5.41) is 10.9. The highest BCUT2D eigenvalue weighted by molar-refractivity contribution is 4.96. The number of hydrogen-bond donors (Lipinski definition) is 1. The predicted molar refractivity (Wildman–Crippen MR) is 85.8 cm³/mol. The molecule has 0 bridgehead atoms. The Morgan fingerprint density at radius 2 is 1.75 bits per heavy atom. The Labute approximate surface area is 125 Å². The summed E-state index contributed by atoms with van der Waals surface area (Å²) in [5.41, 5.74) is 0.0948. The lowest BCUT2D eigenvalue weighted by atomic mass is 9.71. The van der Waals surface area contributed by atoms with Crippen LogP contribution in [-0.4, -0.2) is 34.7 Å². The van der Waals surface area contributed by atoms with Crippen molar-refractivity contribution in [3.05, 3.63) is 0 Å². The van der Waals surface area contributed by atoms with Crippen molar-refractivity contribution in [3.63, 3.8) is 0 Å². The first-order valence-electron chi connectivity index (χ1n) is 8.85. The van der Waals surface area contributed by atoms with Gasteiger partial charge >= 0.3 is 0 Å². The molecule has 2 atom stereocenters. The maximum atomic E-state index is 10.9. The van der Waals surface area contributed by atoms with E-state index in [1.807, 2.05) is 0 Å². The van der Waals surface area contributed by atoms with Crippen molar-refractivity contribution in [3.8, 4) is 0 Å². The average molecular weight is 281 g/mol. The smallest absolute Gasteiger partial charge is 0.0746 e. The highest BCUT2D eigenvalue weighted by atomic mass is 16.3. The molecule has 0 aromatic carbocycles. The molecule has 0 amide bonds. The molecule has 1 N–H and O–H groups in total. The predicted octanol–water partition coefficient (Wildman–Crippen LogP) is 4.22. The molecule has 118 valence electrons. The Morgan fingerprint density at radius 3 is 2.35 bits per heavy atom. The number of aliphatic hydroxyl groups excluding tert-OH is 1. The van der Waals surface area contributed by atoms with E-state index in [1.54, 1.807) is 0 Å². The largest absolute Gasteiger partial charge is 0.391 e. The quantitative estimate of drug-likeness (QED) is 0.815. The van der Waals surface area contributed by atoms with Crippen LogP contribution >= 0.6 is 0 Å². The Bertz CT molecular complexity index is 294. The molecule has 20 heavy (non-hydrogen) atoms. The van der Waals surface area contributed by atoms with Crippen LogP contribution in [0.5, 0.6) is 0 Å². The van der Waals surface area contributed by atoms with Gasteiger partial charge in [-0.3, -0.25) is 4.90 Å². The molecule has 2 heteroatoms. The standard InChI is InChI=1S/C18H35NO/c1-14(2)11-13-19(15-8-5-6-9-15)16-10-7-12-18(3,4)17(16)20/h14-17,20H,5-13H2,1-4H3. The molecule has 0 aromatic rings. The number of hydrogen-bond acceptors (Lipinski definition) is 2. The van der Waals surface area contributed by atoms with Gasteiger partial charge in [0.15, 0.2) is 0 Å². The first-order chi connectivity index (χ1) is 9.42. The van der Waals surface area contributed by atoms with Crippen molar-refractivity contribution in [1.29, 1.82) is 0 Å². The minimum absolute atomic E-state index is 0.0948. The highest BCUT2D eigenvalue weighted by Crippen LogP contribution is 2.40. The fourth-order valence-electron chi connectivity index (χ4n) is 4.20. The van der Waals surface area contributed by atoms with E-state index in [0.717, 1.165) is 12.0 Å². The molecule has 0 saturated heterocycles. The first kappa shape index (κ1) is 16.3. The zero-order chi connectivity index (χ0) is 14.8. The molecular weight excluding hydrogens is 246 g/mol. The van der Waals surface area contributed by atoms with Gasteiger partial charge in [0, 0.05) is 12.1 Å². The van der Waals surface area contributed by atoms with Crippen molar-refractivity contribution in [2.45, 2.75) is 97.2 Å². The van der Waals surface area contributed by atoms with E-state index in [0.29, 0.717) is 6.04 Å². The van der Waals surface area contributed by atoms with E-state index in [9.17, 15) is 5.11 Å². The molecule has 0 heterocycles. The summed E-state index contributed by atoms with van der Waals surface area (Å²) in [6.45, 7) is 10.3. The molecule has 2 nitrogen and oxygen atoms in total. The van der Waals surface area contributed by atoms with Crippen LogP contribution in [0, 0.1) is 11.3 Å². The van der Waals surface area contributed by atoms with E-state index in [1.165, 1.54) is 57.9 Å². The number of nitrogens with zero attached hydrogens (tertiary/aromatic N) is 1. The lowest BCUT2D eigenvalue weighted by Gasteiger charge is -2.48. The monoisotopic (exact) mass is 281 g/mol. The fourth-order valence-corrected chi connectivity index (χ4v) is 4.20. The summed E-state index contributed by atoms with van der Waals surface area (Å²) in [6, 6.07) is 1.14. The van der Waals surface area contributed by atoms with Gasteiger partial charge in [-0.05, 0) is 50.0 Å². The summed E-state index contributed by atoms with van der Waals surface area (Å²) in [4.78, 5) is 2.71. The van der Waals surface area contributed by atoms with Gasteiger partial charge in [-0.2, -0.15) is 0 Å². The molecule has 2 aliphatic rings. The Hall–Kier alpha value is -0.0800. The SMILES string of the molecule is CC(C)CCN(C1CCCC1)C1CCCC(C)(C)C1O. The fraction of sp³-hybridized carbons (Fsp3) is 1.00. The van der Waals surface area contributed by atoms with Gasteiger partial charge in [-0.1, -0.05) is 47.0 Å². The molecule has 0 aromatic heterocycles. The van der Waals surface area contributed by atoms with E-state index >= 15 is 0 Å². The Kier molecular flexibility index (Phi) is 5.53. The van der Waals surface area contributed by atoms with Crippen molar-refractivity contribution in [2.75, 3.05) is 6.54 Å². The summed E-state index contributed by atoms with van der Waals surface area (Å²) in [6.07, 6.45) is 10.2. The molecule has 2 unspecified atom stereocenters. The van der Waals surface area contributed by atoms with Gasteiger partial charge in [0.05, 0.1) is 6.10 Å². The van der Waals surface area contributed by atoms with Gasteiger partial charge < -0.3 is 5.11 Å². The van der Waals surface area contributed by atoms with Gasteiger partial charge in [-0.15, -0.1) is 0 Å². The van der Waals surface area contributed by atoms with Crippen LogP contribution in [0.3, 0.4) is 0 Å². The normalized spacial score (nSPS) is 31.4. The third-order valence-corrected chi connectivity index (χ3v) is 5.67. The van der Waals surface area contributed by atoms with Gasteiger partial charge in [0.1, 0.15) is 0 Å². The molecule has 0 aliphatic heterocycles. The maximum absolute atomic E-state index is 10.9. The van der Waals surface area contributed by atoms with Gasteiger partial charge in [-0.25, -0.2) is 0 Å². The summed E-state index contributed by atoms with van der Waals surface area (Å²) < 4.78 is 0. The average Bonchev–Trinajstić information content (AvgIpc) is 2.88. The third kappa shape index (κ3) is 3.76. The molecular formula is C18H35NO. The van der Waals surface area contributed by atoms with Crippen LogP contribution in [0.25, 0.3) is 0 Å². The van der Waals surface area contributed by atoms with Crippen molar-refractivity contribution >= 4 is 0 Å². The number of rotatable bonds is 5. The minimum atomic E-state index is -0.149. The van der Waals surface area contributed by atoms with Crippen LogP contribution in [0.4, 0.5) is 0 Å². The molecule has 2 fully saturated rings. The van der Waals surface area contributed by atoms with Crippen molar-refractivity contribution in [1.82, 2.24) is 4.90 Å². The van der Waals surface area contributed by atoms with Crippen LogP contribution in [0.2, 0.25) is 0 Å². The molecule has 0 radical (unpaired) electrons. The van der Waals surface area contributed by atoms with E-state index in [4.69, 9.17) is 0 Å². The van der Waals surface area contributed by atoms with Gasteiger partial charge in [0.25, 0.3) is 0 Å². The Balaban J connectivity index is 2.07. The lowest BCUT2D eigenvalue weighted by molar-refractivity contribution is -0.0697. The second-order valence-corrected chi connectivity index (χ2v) is 8.25. The zero-order valence-electron chi connectivity index (χ0n) is 14.1. The summed E-state index contributed by atoms with van der Waals surface area (Å²) in [7, 11) is 0. The third-order valence-electron chi connectivity index (χ3n) is 5.67. The molecule has 0 spiro atoms. The minimum Gasteiger partial charge on any atom is -0.391 e.